The van der Waals surface area contributed by atoms with E-state index in [0.29, 0.717) is 6.04 Å². The third-order valence-electron chi connectivity index (χ3n) is 4.34. The first-order valence-electron chi connectivity index (χ1n) is 7.61. The molecule has 1 aliphatic carbocycles. The van der Waals surface area contributed by atoms with E-state index >= 15 is 0 Å². The Bertz CT molecular complexity index is 174. The van der Waals surface area contributed by atoms with Gasteiger partial charge in [0.2, 0.25) is 0 Å². The van der Waals surface area contributed by atoms with Crippen molar-refractivity contribution in [1.82, 2.24) is 10.2 Å². The first-order chi connectivity index (χ1) is 8.24. The molecule has 1 unspecified atom stereocenters. The summed E-state index contributed by atoms with van der Waals surface area (Å²) in [6.07, 6.45) is 12.7. The summed E-state index contributed by atoms with van der Waals surface area (Å²) in [5, 5.41) is 3.31. The van der Waals surface area contributed by atoms with Gasteiger partial charge in [-0.2, -0.15) is 0 Å². The van der Waals surface area contributed by atoms with Gasteiger partial charge >= 0.3 is 0 Å². The van der Waals surface area contributed by atoms with Crippen LogP contribution in [0.5, 0.6) is 0 Å². The molecular weight excluding hydrogens is 208 g/mol. The molecule has 0 spiro atoms. The molecule has 2 nitrogen and oxygen atoms in total. The maximum absolute atomic E-state index is 3.31. The van der Waals surface area contributed by atoms with Crippen LogP contribution in [-0.4, -0.2) is 37.6 Å². The largest absolute Gasteiger partial charge is 0.317 e. The average molecular weight is 240 g/mol. The molecule has 0 radical (unpaired) electrons. The molecule has 0 saturated heterocycles. The van der Waals surface area contributed by atoms with Gasteiger partial charge in [-0.1, -0.05) is 32.1 Å². The Hall–Kier alpha value is -0.0800. The second-order valence-electron chi connectivity index (χ2n) is 5.81. The fourth-order valence-corrected chi connectivity index (χ4v) is 2.84. The van der Waals surface area contributed by atoms with Crippen LogP contribution in [0.15, 0.2) is 0 Å². The zero-order valence-corrected chi connectivity index (χ0v) is 12.2. The fourth-order valence-electron chi connectivity index (χ4n) is 2.84. The van der Waals surface area contributed by atoms with Gasteiger partial charge in [0.1, 0.15) is 0 Å². The summed E-state index contributed by atoms with van der Waals surface area (Å²) < 4.78 is 0. The van der Waals surface area contributed by atoms with Crippen LogP contribution in [0.4, 0.5) is 0 Å². The van der Waals surface area contributed by atoms with E-state index in [1.807, 2.05) is 0 Å². The molecule has 1 saturated carbocycles. The number of unbranched alkanes of at least 4 members (excludes halogenated alkanes) is 1. The molecule has 1 atom stereocenters. The van der Waals surface area contributed by atoms with Crippen LogP contribution < -0.4 is 5.32 Å². The number of nitrogens with one attached hydrogen (secondary N) is 1. The van der Waals surface area contributed by atoms with Gasteiger partial charge in [-0.15, -0.1) is 0 Å². The molecule has 2 heteroatoms. The Labute approximate surface area is 108 Å². The van der Waals surface area contributed by atoms with E-state index in [2.05, 4.69) is 31.2 Å². The SMILES string of the molecule is CNC(C)CCCCN(C)C1CCCCCC1. The lowest BCUT2D eigenvalue weighted by Crippen LogP contribution is -2.32. The Kier molecular flexibility index (Phi) is 7.87. The average Bonchev–Trinajstić information content (AvgIpc) is 2.62. The van der Waals surface area contributed by atoms with E-state index in [1.165, 1.54) is 64.3 Å². The van der Waals surface area contributed by atoms with Crippen molar-refractivity contribution >= 4 is 0 Å². The van der Waals surface area contributed by atoms with Gasteiger partial charge in [-0.25, -0.2) is 0 Å². The minimum Gasteiger partial charge on any atom is -0.317 e. The summed E-state index contributed by atoms with van der Waals surface area (Å²) in [7, 11) is 4.39. The molecule has 1 aliphatic rings. The highest BCUT2D eigenvalue weighted by molar-refractivity contribution is 4.72. The highest BCUT2D eigenvalue weighted by atomic mass is 15.1. The molecule has 0 aromatic carbocycles. The normalized spacial score (nSPS) is 20.5. The van der Waals surface area contributed by atoms with Crippen LogP contribution in [0.1, 0.15) is 64.7 Å². The predicted octanol–water partition coefficient (Wildman–Crippen LogP) is 3.42. The molecule has 0 aromatic heterocycles. The second-order valence-corrected chi connectivity index (χ2v) is 5.81. The standard InChI is InChI=1S/C15H32N2/c1-14(16-2)10-8-9-13-17(3)15-11-6-4-5-7-12-15/h14-16H,4-13H2,1-3H3. The zero-order chi connectivity index (χ0) is 12.5. The van der Waals surface area contributed by atoms with Crippen molar-refractivity contribution in [1.29, 1.82) is 0 Å². The minimum atomic E-state index is 0.679. The summed E-state index contributed by atoms with van der Waals surface area (Å²) in [6, 6.07) is 1.55. The second kappa shape index (κ2) is 8.93. The Morgan fingerprint density at radius 2 is 1.76 bits per heavy atom. The first-order valence-corrected chi connectivity index (χ1v) is 7.61. The molecule has 0 amide bonds. The molecular formula is C15H32N2. The van der Waals surface area contributed by atoms with Crippen LogP contribution in [0.25, 0.3) is 0 Å². The van der Waals surface area contributed by atoms with E-state index in [4.69, 9.17) is 0 Å². The molecule has 17 heavy (non-hydrogen) atoms. The minimum absolute atomic E-state index is 0.679. The van der Waals surface area contributed by atoms with Crippen LogP contribution in [0, 0.1) is 0 Å². The molecule has 102 valence electrons. The fraction of sp³-hybridized carbons (Fsp3) is 1.00. The summed E-state index contributed by atoms with van der Waals surface area (Å²) >= 11 is 0. The Morgan fingerprint density at radius 3 is 2.35 bits per heavy atom. The van der Waals surface area contributed by atoms with E-state index in [9.17, 15) is 0 Å². The van der Waals surface area contributed by atoms with Crippen molar-refractivity contribution in [3.63, 3.8) is 0 Å². The molecule has 1 N–H and O–H groups in total. The van der Waals surface area contributed by atoms with Crippen LogP contribution in [0.3, 0.4) is 0 Å². The van der Waals surface area contributed by atoms with Crippen LogP contribution >= 0.6 is 0 Å². The summed E-state index contributed by atoms with van der Waals surface area (Å²) in [6.45, 7) is 3.57. The van der Waals surface area contributed by atoms with Crippen molar-refractivity contribution < 1.29 is 0 Å². The van der Waals surface area contributed by atoms with Gasteiger partial charge in [0.15, 0.2) is 0 Å². The lowest BCUT2D eigenvalue weighted by atomic mass is 10.1. The highest BCUT2D eigenvalue weighted by Crippen LogP contribution is 2.21. The van der Waals surface area contributed by atoms with Gasteiger partial charge in [-0.05, 0) is 53.2 Å². The van der Waals surface area contributed by atoms with E-state index in [1.54, 1.807) is 0 Å². The van der Waals surface area contributed by atoms with E-state index in [-0.39, 0.29) is 0 Å². The quantitative estimate of drug-likeness (QED) is 0.542. The lowest BCUT2D eigenvalue weighted by Gasteiger charge is -2.27. The smallest absolute Gasteiger partial charge is 0.00922 e. The van der Waals surface area contributed by atoms with Gasteiger partial charge < -0.3 is 10.2 Å². The van der Waals surface area contributed by atoms with Crippen molar-refractivity contribution in [2.45, 2.75) is 76.8 Å². The van der Waals surface area contributed by atoms with E-state index in [0.717, 1.165) is 6.04 Å². The molecule has 0 aromatic rings. The number of nitrogens with zero attached hydrogens (tertiary/aromatic N) is 1. The van der Waals surface area contributed by atoms with Crippen molar-refractivity contribution in [3.8, 4) is 0 Å². The zero-order valence-electron chi connectivity index (χ0n) is 12.2. The Morgan fingerprint density at radius 1 is 1.12 bits per heavy atom. The van der Waals surface area contributed by atoms with E-state index < -0.39 is 0 Å². The van der Waals surface area contributed by atoms with Crippen LogP contribution in [-0.2, 0) is 0 Å². The third kappa shape index (κ3) is 6.42. The van der Waals surface area contributed by atoms with Crippen molar-refractivity contribution in [2.24, 2.45) is 0 Å². The molecule has 0 bridgehead atoms. The van der Waals surface area contributed by atoms with Crippen LogP contribution in [0.2, 0.25) is 0 Å². The third-order valence-corrected chi connectivity index (χ3v) is 4.34. The monoisotopic (exact) mass is 240 g/mol. The summed E-state index contributed by atoms with van der Waals surface area (Å²) in [5.41, 5.74) is 0. The molecule has 1 rings (SSSR count). The summed E-state index contributed by atoms with van der Waals surface area (Å²) in [5.74, 6) is 0. The predicted molar refractivity (Wildman–Crippen MR) is 76.5 cm³/mol. The highest BCUT2D eigenvalue weighted by Gasteiger charge is 2.16. The van der Waals surface area contributed by atoms with Gasteiger partial charge in [0.05, 0.1) is 0 Å². The molecule has 0 aliphatic heterocycles. The van der Waals surface area contributed by atoms with Gasteiger partial charge in [0.25, 0.3) is 0 Å². The maximum atomic E-state index is 3.31. The molecule has 1 fully saturated rings. The van der Waals surface area contributed by atoms with Gasteiger partial charge in [-0.3, -0.25) is 0 Å². The lowest BCUT2D eigenvalue weighted by molar-refractivity contribution is 0.216. The summed E-state index contributed by atoms with van der Waals surface area (Å²) in [4.78, 5) is 2.62. The number of hydrogen-bond donors (Lipinski definition) is 1. The maximum Gasteiger partial charge on any atom is 0.00922 e. The van der Waals surface area contributed by atoms with Crippen molar-refractivity contribution in [3.05, 3.63) is 0 Å². The first kappa shape index (κ1) is 15.0. The number of hydrogen-bond acceptors (Lipinski definition) is 2. The Balaban J connectivity index is 2.08. The van der Waals surface area contributed by atoms with Crippen molar-refractivity contribution in [2.75, 3.05) is 20.6 Å². The van der Waals surface area contributed by atoms with Gasteiger partial charge in [0, 0.05) is 12.1 Å². The topological polar surface area (TPSA) is 15.3 Å². The molecule has 0 heterocycles. The number of rotatable bonds is 7.